The molecular formula is C14H25N5O3S. The topological polar surface area (TPSA) is 80.6 Å². The van der Waals surface area contributed by atoms with Gasteiger partial charge in [0.2, 0.25) is 10.0 Å². The number of hydrogen-bond acceptors (Lipinski definition) is 6. The number of sulfonamides is 1. The van der Waals surface area contributed by atoms with Crippen molar-refractivity contribution in [1.29, 1.82) is 0 Å². The van der Waals surface area contributed by atoms with Gasteiger partial charge in [-0.3, -0.25) is 4.68 Å². The smallest absolute Gasteiger partial charge is 0.211 e. The molecule has 0 N–H and O–H groups in total. The van der Waals surface area contributed by atoms with Crippen molar-refractivity contribution in [2.75, 3.05) is 45.6 Å². The molecular weight excluding hydrogens is 318 g/mol. The fourth-order valence-electron chi connectivity index (χ4n) is 3.40. The Kier molecular flexibility index (Phi) is 5.00. The maximum atomic E-state index is 12.1. The number of likely N-dealkylation sites (tertiary alicyclic amines) is 1. The Labute approximate surface area is 137 Å². The first-order valence-corrected chi connectivity index (χ1v) is 9.97. The third kappa shape index (κ3) is 3.73. The second-order valence-corrected chi connectivity index (χ2v) is 8.24. The Morgan fingerprint density at radius 1 is 1.26 bits per heavy atom. The van der Waals surface area contributed by atoms with Crippen LogP contribution in [0.3, 0.4) is 0 Å². The summed E-state index contributed by atoms with van der Waals surface area (Å²) in [6.45, 7) is 4.57. The van der Waals surface area contributed by atoms with E-state index in [1.54, 1.807) is 4.68 Å². The van der Waals surface area contributed by atoms with E-state index >= 15 is 0 Å². The monoisotopic (exact) mass is 343 g/mol. The van der Waals surface area contributed by atoms with Crippen LogP contribution in [0.2, 0.25) is 0 Å². The molecule has 2 aliphatic heterocycles. The first kappa shape index (κ1) is 16.8. The Morgan fingerprint density at radius 2 is 2.00 bits per heavy atom. The highest BCUT2D eigenvalue weighted by atomic mass is 32.2. The fourth-order valence-corrected chi connectivity index (χ4v) is 4.45. The first-order chi connectivity index (χ1) is 11.0. The Morgan fingerprint density at radius 3 is 2.70 bits per heavy atom. The summed E-state index contributed by atoms with van der Waals surface area (Å²) in [6.07, 6.45) is 4.39. The van der Waals surface area contributed by atoms with Crippen LogP contribution in [-0.2, 0) is 28.2 Å². The molecule has 1 saturated heterocycles. The normalized spacial score (nSPS) is 23.3. The van der Waals surface area contributed by atoms with Crippen LogP contribution >= 0.6 is 0 Å². The summed E-state index contributed by atoms with van der Waals surface area (Å²) in [4.78, 5) is 2.38. The lowest BCUT2D eigenvalue weighted by Crippen LogP contribution is -2.42. The largest absolute Gasteiger partial charge is 0.378 e. The van der Waals surface area contributed by atoms with Gasteiger partial charge in [-0.1, -0.05) is 5.21 Å². The van der Waals surface area contributed by atoms with E-state index in [9.17, 15) is 8.42 Å². The van der Waals surface area contributed by atoms with E-state index in [1.165, 1.54) is 23.4 Å². The lowest BCUT2D eigenvalue weighted by molar-refractivity contribution is 0.0698. The third-order valence-electron chi connectivity index (χ3n) is 4.66. The van der Waals surface area contributed by atoms with Crippen molar-refractivity contribution >= 4 is 10.0 Å². The molecule has 0 spiro atoms. The summed E-state index contributed by atoms with van der Waals surface area (Å²) in [7, 11) is -1.45. The molecule has 1 aromatic heterocycles. The van der Waals surface area contributed by atoms with Gasteiger partial charge in [0.1, 0.15) is 5.69 Å². The molecule has 0 radical (unpaired) electrons. The van der Waals surface area contributed by atoms with E-state index in [4.69, 9.17) is 4.74 Å². The molecule has 9 heteroatoms. The molecule has 2 aliphatic rings. The van der Waals surface area contributed by atoms with Gasteiger partial charge in [-0.2, -0.15) is 4.31 Å². The minimum Gasteiger partial charge on any atom is -0.378 e. The van der Waals surface area contributed by atoms with Gasteiger partial charge in [-0.25, -0.2) is 8.42 Å². The van der Waals surface area contributed by atoms with Crippen LogP contribution in [0.5, 0.6) is 0 Å². The number of aryl methyl sites for hydroxylation is 1. The minimum atomic E-state index is -3.30. The zero-order valence-corrected chi connectivity index (χ0v) is 14.6. The van der Waals surface area contributed by atoms with Crippen molar-refractivity contribution in [2.45, 2.75) is 25.3 Å². The lowest BCUT2D eigenvalue weighted by atomic mass is 10.1. The van der Waals surface area contributed by atoms with Crippen LogP contribution in [0.15, 0.2) is 0 Å². The summed E-state index contributed by atoms with van der Waals surface area (Å²) in [5.41, 5.74) is 1.73. The van der Waals surface area contributed by atoms with E-state index in [0.717, 1.165) is 31.0 Å². The average molecular weight is 343 g/mol. The molecule has 0 amide bonds. The molecule has 1 unspecified atom stereocenters. The molecule has 0 bridgehead atoms. The fraction of sp³-hybridized carbons (Fsp3) is 0.857. The molecule has 130 valence electrons. The van der Waals surface area contributed by atoms with Crippen LogP contribution in [0.1, 0.15) is 30.3 Å². The second kappa shape index (κ2) is 6.84. The van der Waals surface area contributed by atoms with Crippen molar-refractivity contribution in [2.24, 2.45) is 7.05 Å². The van der Waals surface area contributed by atoms with Gasteiger partial charge in [0.25, 0.3) is 0 Å². The lowest BCUT2D eigenvalue weighted by Gasteiger charge is -2.32. The third-order valence-corrected chi connectivity index (χ3v) is 5.95. The van der Waals surface area contributed by atoms with E-state index in [0.29, 0.717) is 26.2 Å². The molecule has 0 aromatic carbocycles. The van der Waals surface area contributed by atoms with Crippen LogP contribution < -0.4 is 0 Å². The summed E-state index contributed by atoms with van der Waals surface area (Å²) >= 11 is 0. The van der Waals surface area contributed by atoms with Gasteiger partial charge >= 0.3 is 0 Å². The van der Waals surface area contributed by atoms with Crippen molar-refractivity contribution in [3.8, 4) is 0 Å². The van der Waals surface area contributed by atoms with Crippen LogP contribution in [0, 0.1) is 0 Å². The maximum Gasteiger partial charge on any atom is 0.211 e. The van der Waals surface area contributed by atoms with E-state index in [-0.39, 0.29) is 6.04 Å². The molecule has 0 saturated carbocycles. The predicted molar refractivity (Wildman–Crippen MR) is 85.5 cm³/mol. The van der Waals surface area contributed by atoms with Crippen molar-refractivity contribution in [3.63, 3.8) is 0 Å². The van der Waals surface area contributed by atoms with Gasteiger partial charge in [-0.05, 0) is 25.9 Å². The van der Waals surface area contributed by atoms with Crippen LogP contribution in [0.4, 0.5) is 0 Å². The molecule has 1 atom stereocenters. The zero-order valence-electron chi connectivity index (χ0n) is 13.8. The van der Waals surface area contributed by atoms with Crippen LogP contribution in [0.25, 0.3) is 0 Å². The molecule has 3 rings (SSSR count). The predicted octanol–water partition coefficient (Wildman–Crippen LogP) is -0.214. The first-order valence-electron chi connectivity index (χ1n) is 8.12. The zero-order chi connectivity index (χ0) is 16.4. The average Bonchev–Trinajstić information content (AvgIpc) is 3.13. The number of fused-ring (bicyclic) bond motifs is 1. The highest BCUT2D eigenvalue weighted by Crippen LogP contribution is 2.29. The Balaban J connectivity index is 1.65. The summed E-state index contributed by atoms with van der Waals surface area (Å²) in [6, 6.07) is -0.374. The molecule has 0 aliphatic carbocycles. The van der Waals surface area contributed by atoms with E-state index in [2.05, 4.69) is 15.2 Å². The van der Waals surface area contributed by atoms with Crippen molar-refractivity contribution in [1.82, 2.24) is 24.2 Å². The highest BCUT2D eigenvalue weighted by Gasteiger charge is 2.36. The number of aromatic nitrogens is 3. The molecule has 3 heterocycles. The van der Waals surface area contributed by atoms with Crippen LogP contribution in [-0.4, -0.2) is 78.3 Å². The number of hydrogen-bond donors (Lipinski definition) is 0. The van der Waals surface area contributed by atoms with E-state index in [1.807, 2.05) is 7.05 Å². The SMILES string of the molecule is Cn1nnc2c1CCN(S(C)(=O)=O)C2COCCN1CCCC1. The molecule has 8 nitrogen and oxygen atoms in total. The quantitative estimate of drug-likeness (QED) is 0.665. The molecule has 1 aromatic rings. The van der Waals surface area contributed by atoms with Crippen molar-refractivity contribution < 1.29 is 13.2 Å². The van der Waals surface area contributed by atoms with Gasteiger partial charge in [0, 0.05) is 26.6 Å². The summed E-state index contributed by atoms with van der Waals surface area (Å²) in [5.74, 6) is 0. The number of nitrogens with zero attached hydrogens (tertiary/aromatic N) is 5. The van der Waals surface area contributed by atoms with Gasteiger partial charge in [0.15, 0.2) is 0 Å². The van der Waals surface area contributed by atoms with Gasteiger partial charge in [-0.15, -0.1) is 5.10 Å². The standard InChI is InChI=1S/C14H25N5O3S/c1-17-12-5-8-19(23(2,20)21)13(14(12)15-16-17)11-22-10-9-18-6-3-4-7-18/h13H,3-11H2,1-2H3. The second-order valence-electron chi connectivity index (χ2n) is 6.31. The Bertz CT molecular complexity index is 639. The van der Waals surface area contributed by atoms with Gasteiger partial charge in [0.05, 0.1) is 31.2 Å². The van der Waals surface area contributed by atoms with Crippen molar-refractivity contribution in [3.05, 3.63) is 11.4 Å². The number of ether oxygens (including phenoxy) is 1. The maximum absolute atomic E-state index is 12.1. The Hall–Kier alpha value is -1.03. The molecule has 23 heavy (non-hydrogen) atoms. The summed E-state index contributed by atoms with van der Waals surface area (Å²) in [5, 5.41) is 8.21. The van der Waals surface area contributed by atoms with Gasteiger partial charge < -0.3 is 9.64 Å². The van der Waals surface area contributed by atoms with E-state index < -0.39 is 10.0 Å². The minimum absolute atomic E-state index is 0.326. The molecule has 1 fully saturated rings. The highest BCUT2D eigenvalue weighted by molar-refractivity contribution is 7.88. The number of rotatable bonds is 6. The summed E-state index contributed by atoms with van der Waals surface area (Å²) < 4.78 is 33.1.